The van der Waals surface area contributed by atoms with E-state index in [-0.39, 0.29) is 42.7 Å². The Morgan fingerprint density at radius 2 is 1.02 bits per heavy atom. The number of rotatable bonds is 38. The van der Waals surface area contributed by atoms with Gasteiger partial charge in [0, 0.05) is 19.3 Å². The molecule has 0 radical (unpaired) electrons. The number of hydrogen-bond acceptors (Lipinski definition) is 7. The molecule has 0 saturated carbocycles. The van der Waals surface area contributed by atoms with Crippen molar-refractivity contribution in [1.29, 1.82) is 0 Å². The van der Waals surface area contributed by atoms with E-state index in [0.29, 0.717) is 12.8 Å². The number of esters is 2. The number of likely N-dealkylation sites (N-methyl/N-ethyl adjacent to an activating group) is 1. The number of allylic oxidation sites excluding steroid dienone is 4. The third-order valence-electron chi connectivity index (χ3n) is 9.62. The third kappa shape index (κ3) is 33.6. The predicted octanol–water partition coefficient (Wildman–Crippen LogP) is 9.97. The zero-order chi connectivity index (χ0) is 38.5. The molecule has 0 aliphatic carbocycles. The molecule has 0 aromatic carbocycles. The average molecular weight is 736 g/mol. The summed E-state index contributed by atoms with van der Waals surface area (Å²) in [5.41, 5.74) is 0. The highest BCUT2D eigenvalue weighted by Gasteiger charge is 2.25. The summed E-state index contributed by atoms with van der Waals surface area (Å²) in [6.07, 6.45) is 37.7. The lowest BCUT2D eigenvalue weighted by atomic mass is 10.0. The fourth-order valence-corrected chi connectivity index (χ4v) is 6.22. The molecule has 0 saturated heterocycles. The van der Waals surface area contributed by atoms with Crippen molar-refractivity contribution in [2.45, 2.75) is 199 Å². The van der Waals surface area contributed by atoms with Crippen molar-refractivity contribution in [3.8, 4) is 0 Å². The summed E-state index contributed by atoms with van der Waals surface area (Å²) in [5, 5.41) is 11.6. The van der Waals surface area contributed by atoms with Gasteiger partial charge in [-0.25, -0.2) is 0 Å². The first-order valence-corrected chi connectivity index (χ1v) is 21.4. The maximum atomic E-state index is 12.7. The van der Waals surface area contributed by atoms with Gasteiger partial charge >= 0.3 is 11.9 Å². The fourth-order valence-electron chi connectivity index (χ4n) is 6.22. The summed E-state index contributed by atoms with van der Waals surface area (Å²) in [7, 11) is 5.40. The second-order valence-electron chi connectivity index (χ2n) is 15.6. The lowest BCUT2D eigenvalue weighted by Crippen LogP contribution is -2.55. The molecule has 0 heterocycles. The Morgan fingerprint density at radius 1 is 0.577 bits per heavy atom. The molecule has 2 atom stereocenters. The number of quaternary nitrogens is 1. The first-order valence-electron chi connectivity index (χ1n) is 21.4. The van der Waals surface area contributed by atoms with E-state index in [2.05, 4.69) is 38.2 Å². The van der Waals surface area contributed by atoms with Gasteiger partial charge < -0.3 is 28.6 Å². The van der Waals surface area contributed by atoms with Crippen LogP contribution < -0.4 is 5.11 Å². The van der Waals surface area contributed by atoms with Crippen molar-refractivity contribution in [3.05, 3.63) is 24.3 Å². The highest BCUT2D eigenvalue weighted by molar-refractivity contribution is 5.70. The van der Waals surface area contributed by atoms with Crippen molar-refractivity contribution in [1.82, 2.24) is 0 Å². The topological polar surface area (TPSA) is 102 Å². The maximum absolute atomic E-state index is 12.7. The molecular formula is C44H81NO7. The number of carboxylic acid groups (broad SMARTS) is 1. The minimum atomic E-state index is -1.13. The van der Waals surface area contributed by atoms with E-state index in [1.807, 2.05) is 0 Å². The molecule has 52 heavy (non-hydrogen) atoms. The van der Waals surface area contributed by atoms with E-state index in [0.717, 1.165) is 51.4 Å². The van der Waals surface area contributed by atoms with Crippen molar-refractivity contribution in [2.24, 2.45) is 0 Å². The number of aliphatic carboxylic acids is 1. The fraction of sp³-hybridized carbons (Fsp3) is 0.841. The number of unbranched alkanes of at least 4 members (excludes halogenated alkanes) is 21. The van der Waals surface area contributed by atoms with Crippen LogP contribution in [0, 0.1) is 0 Å². The van der Waals surface area contributed by atoms with Crippen LogP contribution in [0.15, 0.2) is 24.3 Å². The molecule has 0 aromatic heterocycles. The van der Waals surface area contributed by atoms with Crippen molar-refractivity contribution < 1.29 is 38.2 Å². The van der Waals surface area contributed by atoms with E-state index in [9.17, 15) is 19.5 Å². The van der Waals surface area contributed by atoms with Gasteiger partial charge in [-0.2, -0.15) is 0 Å². The summed E-state index contributed by atoms with van der Waals surface area (Å²) in [4.78, 5) is 36.7. The van der Waals surface area contributed by atoms with Gasteiger partial charge in [0.1, 0.15) is 12.6 Å². The van der Waals surface area contributed by atoms with Crippen LogP contribution in [-0.4, -0.2) is 75.5 Å². The van der Waals surface area contributed by atoms with Gasteiger partial charge in [0.15, 0.2) is 6.10 Å². The first kappa shape index (κ1) is 49.8. The van der Waals surface area contributed by atoms with Gasteiger partial charge in [0.2, 0.25) is 0 Å². The van der Waals surface area contributed by atoms with Crippen LogP contribution >= 0.6 is 0 Å². The molecule has 0 amide bonds. The Bertz CT molecular complexity index is 911. The Morgan fingerprint density at radius 3 is 1.50 bits per heavy atom. The number of ether oxygens (including phenoxy) is 3. The minimum absolute atomic E-state index is 0.0359. The summed E-state index contributed by atoms with van der Waals surface area (Å²) in [5.74, 6) is -1.76. The molecule has 0 fully saturated rings. The first-order chi connectivity index (χ1) is 25.1. The molecule has 0 spiro atoms. The highest BCUT2D eigenvalue weighted by atomic mass is 16.6. The van der Waals surface area contributed by atoms with Crippen molar-refractivity contribution in [2.75, 3.05) is 41.0 Å². The molecule has 0 bridgehead atoms. The van der Waals surface area contributed by atoms with Crippen LogP contribution in [0.25, 0.3) is 0 Å². The van der Waals surface area contributed by atoms with Crippen LogP contribution in [-0.2, 0) is 28.6 Å². The van der Waals surface area contributed by atoms with Gasteiger partial charge in [-0.05, 0) is 32.1 Å². The second-order valence-corrected chi connectivity index (χ2v) is 15.6. The van der Waals surface area contributed by atoms with E-state index >= 15 is 0 Å². The van der Waals surface area contributed by atoms with Gasteiger partial charge in [0.25, 0.3) is 0 Å². The molecule has 0 N–H and O–H groups in total. The van der Waals surface area contributed by atoms with E-state index in [1.165, 1.54) is 103 Å². The number of nitrogens with zero attached hydrogens (tertiary/aromatic N) is 1. The third-order valence-corrected chi connectivity index (χ3v) is 9.62. The monoisotopic (exact) mass is 736 g/mol. The maximum Gasteiger partial charge on any atom is 0.306 e. The molecule has 0 rings (SSSR count). The number of hydrogen-bond donors (Lipinski definition) is 0. The Kier molecular flexibility index (Phi) is 34.3. The molecule has 0 aliphatic rings. The van der Waals surface area contributed by atoms with E-state index in [1.54, 1.807) is 21.1 Å². The minimum Gasteiger partial charge on any atom is -0.544 e. The SMILES string of the molecule is CCCC/C=C/C=C/CCCCCC(=O)OCC(COCCC(C(=O)[O-])[N+](C)(C)C)OC(=O)CCCCCCCCCCCCCCCCCCC. The standard InChI is InChI=1S/C44H81NO7/c1-6-8-10-12-14-16-18-19-20-21-22-23-25-27-29-31-33-35-43(47)52-40(38-50-37-36-41(44(48)49)45(3,4)5)39-51-42(46)34-32-30-28-26-24-17-15-13-11-9-7-2/h13,15,17,24,40-41H,6-12,14,16,18-23,25-39H2,1-5H3/b15-13+,24-17+. The number of carboxylic acids is 1. The van der Waals surface area contributed by atoms with Crippen LogP contribution in [0.5, 0.6) is 0 Å². The van der Waals surface area contributed by atoms with E-state index < -0.39 is 18.1 Å². The predicted molar refractivity (Wildman–Crippen MR) is 213 cm³/mol. The van der Waals surface area contributed by atoms with Gasteiger partial charge in [-0.15, -0.1) is 0 Å². The summed E-state index contributed by atoms with van der Waals surface area (Å²) >= 11 is 0. The molecule has 0 aliphatic heterocycles. The molecular weight excluding hydrogens is 654 g/mol. The number of carbonyl (C=O) groups excluding carboxylic acids is 3. The second kappa shape index (κ2) is 35.8. The zero-order valence-electron chi connectivity index (χ0n) is 34.5. The summed E-state index contributed by atoms with van der Waals surface area (Å²) in [6.45, 7) is 4.59. The Labute approximate surface area is 320 Å². The molecule has 8 nitrogen and oxygen atoms in total. The van der Waals surface area contributed by atoms with Crippen LogP contribution in [0.2, 0.25) is 0 Å². The average Bonchev–Trinajstić information content (AvgIpc) is 3.09. The van der Waals surface area contributed by atoms with Crippen LogP contribution in [0.1, 0.15) is 187 Å². The van der Waals surface area contributed by atoms with Gasteiger partial charge in [0.05, 0.1) is 40.3 Å². The zero-order valence-corrected chi connectivity index (χ0v) is 34.5. The summed E-state index contributed by atoms with van der Waals surface area (Å²) in [6, 6.07) is -0.726. The number of carbonyl (C=O) groups is 3. The molecule has 2 unspecified atom stereocenters. The van der Waals surface area contributed by atoms with Gasteiger partial charge in [-0.3, -0.25) is 9.59 Å². The van der Waals surface area contributed by atoms with Crippen LogP contribution in [0.4, 0.5) is 0 Å². The van der Waals surface area contributed by atoms with E-state index in [4.69, 9.17) is 14.2 Å². The molecule has 0 aromatic rings. The lowest BCUT2D eigenvalue weighted by molar-refractivity contribution is -0.889. The van der Waals surface area contributed by atoms with Crippen molar-refractivity contribution >= 4 is 17.9 Å². The van der Waals surface area contributed by atoms with Crippen LogP contribution in [0.3, 0.4) is 0 Å². The smallest absolute Gasteiger partial charge is 0.306 e. The Balaban J connectivity index is 4.34. The Hall–Kier alpha value is -2.19. The normalized spacial score (nSPS) is 13.2. The summed E-state index contributed by atoms with van der Waals surface area (Å²) < 4.78 is 17.1. The largest absolute Gasteiger partial charge is 0.544 e. The quantitative estimate of drug-likeness (QED) is 0.0269. The highest BCUT2D eigenvalue weighted by Crippen LogP contribution is 2.15. The van der Waals surface area contributed by atoms with Gasteiger partial charge in [-0.1, -0.05) is 160 Å². The van der Waals surface area contributed by atoms with Crippen molar-refractivity contribution in [3.63, 3.8) is 0 Å². The lowest BCUT2D eigenvalue weighted by Gasteiger charge is -2.34. The molecule has 8 heteroatoms. The molecule has 304 valence electrons.